The number of piperazine rings is 1. The fraction of sp³-hybridized carbons (Fsp3) is 0.464. The lowest BCUT2D eigenvalue weighted by Crippen LogP contribution is -2.51. The number of carbonyl (C=O) groups excluding carboxylic acids is 1. The third-order valence-electron chi connectivity index (χ3n) is 7.42. The number of nitrogens with two attached hydrogens (primary N) is 1. The first-order valence-corrected chi connectivity index (χ1v) is 13.9. The van der Waals surface area contributed by atoms with Crippen molar-refractivity contribution >= 4 is 46.3 Å². The summed E-state index contributed by atoms with van der Waals surface area (Å²) in [5.41, 5.74) is 8.80. The molecule has 4 N–H and O–H groups in total. The molecule has 0 saturated carbocycles. The van der Waals surface area contributed by atoms with Gasteiger partial charge in [-0.05, 0) is 43.8 Å². The second-order valence-corrected chi connectivity index (χ2v) is 11.1. The molecule has 1 amide bonds. The lowest BCUT2D eigenvalue weighted by atomic mass is 9.98. The monoisotopic (exact) mass is 575 g/mol. The molecule has 8 nitrogen and oxygen atoms in total. The van der Waals surface area contributed by atoms with E-state index in [1.807, 2.05) is 30.0 Å². The molecule has 0 radical (unpaired) electrons. The van der Waals surface area contributed by atoms with Crippen molar-refractivity contribution in [3.05, 3.63) is 63.4 Å². The molecule has 39 heavy (non-hydrogen) atoms. The minimum Gasteiger partial charge on any atom is -0.386 e. The first-order chi connectivity index (χ1) is 18.6. The van der Waals surface area contributed by atoms with Crippen molar-refractivity contribution in [3.63, 3.8) is 0 Å². The number of hydrogen-bond donors (Lipinski definition) is 3. The largest absolute Gasteiger partial charge is 0.386 e. The van der Waals surface area contributed by atoms with Gasteiger partial charge in [0.05, 0.1) is 24.0 Å². The number of carbonyl (C=O) groups is 1. The fourth-order valence-electron chi connectivity index (χ4n) is 5.22. The molecule has 2 aromatic rings. The van der Waals surface area contributed by atoms with Gasteiger partial charge in [-0.2, -0.15) is 0 Å². The van der Waals surface area contributed by atoms with E-state index in [0.717, 1.165) is 38.3 Å². The maximum absolute atomic E-state index is 14.2. The van der Waals surface area contributed by atoms with Crippen LogP contribution >= 0.6 is 23.2 Å². The summed E-state index contributed by atoms with van der Waals surface area (Å²) in [6.07, 6.45) is 0.136. The van der Waals surface area contributed by atoms with Gasteiger partial charge in [-0.1, -0.05) is 35.3 Å². The Morgan fingerprint density at radius 2 is 1.95 bits per heavy atom. The van der Waals surface area contributed by atoms with Gasteiger partial charge in [0.1, 0.15) is 11.7 Å². The fourth-order valence-corrected chi connectivity index (χ4v) is 5.91. The van der Waals surface area contributed by atoms with Gasteiger partial charge in [0.25, 0.3) is 0 Å². The molecule has 2 atom stereocenters. The number of benzene rings is 2. The van der Waals surface area contributed by atoms with Gasteiger partial charge in [0, 0.05) is 73.7 Å². The van der Waals surface area contributed by atoms with Crippen LogP contribution in [0.4, 0.5) is 10.1 Å². The van der Waals surface area contributed by atoms with Crippen LogP contribution in [0, 0.1) is 11.2 Å². The number of halogens is 3. The number of nitrogens with one attached hydrogen (secondary N) is 2. The topological polar surface area (TPSA) is 101 Å². The number of nitrogens with zero attached hydrogens (tertiary/aromatic N) is 4. The summed E-state index contributed by atoms with van der Waals surface area (Å²) in [6, 6.07) is 9.76. The van der Waals surface area contributed by atoms with E-state index in [2.05, 4.69) is 33.2 Å². The van der Waals surface area contributed by atoms with Crippen LogP contribution in [0.15, 0.2) is 41.4 Å². The quantitative estimate of drug-likeness (QED) is 0.303. The molecule has 0 aromatic heterocycles. The van der Waals surface area contributed by atoms with E-state index in [9.17, 15) is 9.18 Å². The van der Waals surface area contributed by atoms with Crippen molar-refractivity contribution in [1.29, 1.82) is 5.41 Å². The molecule has 2 heterocycles. The number of likely N-dealkylation sites (N-methyl/N-ethyl adjacent to an activating group) is 1. The standard InChI is InChI=1S/C28H36Cl2FN7O/c1-18(26-22(29)6-7-23(31)27(26)30)38-9-8-34-28(33)24(38)15-20(32)16-25(39)35-21-5-3-4-19(14-21)17-37-12-10-36(2)11-13-37/h3-7,14,18,24,32H,8-13,15-17H2,1-2H3,(H2,33,34)(H,35,39). The Balaban J connectivity index is 1.37. The minimum absolute atomic E-state index is 0.0286. The van der Waals surface area contributed by atoms with Crippen LogP contribution in [0.3, 0.4) is 0 Å². The second kappa shape index (κ2) is 13.2. The zero-order chi connectivity index (χ0) is 28.1. The smallest absolute Gasteiger partial charge is 0.230 e. The van der Waals surface area contributed by atoms with Crippen molar-refractivity contribution < 1.29 is 9.18 Å². The van der Waals surface area contributed by atoms with Crippen LogP contribution in [0.2, 0.25) is 10.0 Å². The minimum atomic E-state index is -0.546. The highest BCUT2D eigenvalue weighted by molar-refractivity contribution is 6.36. The highest BCUT2D eigenvalue weighted by atomic mass is 35.5. The van der Waals surface area contributed by atoms with Crippen molar-refractivity contribution in [2.24, 2.45) is 10.7 Å². The molecule has 11 heteroatoms. The van der Waals surface area contributed by atoms with E-state index in [1.54, 1.807) is 0 Å². The number of hydrogen-bond acceptors (Lipinski definition) is 7. The summed E-state index contributed by atoms with van der Waals surface area (Å²) in [7, 11) is 2.13. The molecule has 4 rings (SSSR count). The van der Waals surface area contributed by atoms with E-state index >= 15 is 0 Å². The average Bonchev–Trinajstić information content (AvgIpc) is 2.89. The summed E-state index contributed by atoms with van der Waals surface area (Å²) in [5, 5.41) is 11.8. The SMILES string of the molecule is CC(c1c(Cl)ccc(F)c1Cl)N1CCN=C(N)C1CC(=N)CC(=O)Nc1cccc(CN2CCN(C)CC2)c1. The summed E-state index contributed by atoms with van der Waals surface area (Å²) in [4.78, 5) is 23.9. The Kier molecular flexibility index (Phi) is 9.96. The van der Waals surface area contributed by atoms with Gasteiger partial charge in [-0.3, -0.25) is 19.6 Å². The summed E-state index contributed by atoms with van der Waals surface area (Å²) >= 11 is 12.7. The summed E-state index contributed by atoms with van der Waals surface area (Å²) in [5.74, 6) is -0.437. The molecular formula is C28H36Cl2FN7O. The number of amides is 1. The third-order valence-corrected chi connectivity index (χ3v) is 8.13. The molecule has 0 aliphatic carbocycles. The molecule has 2 aliphatic heterocycles. The Labute approximate surface area is 239 Å². The molecule has 2 aromatic carbocycles. The number of aliphatic imine (C=N–C) groups is 1. The van der Waals surface area contributed by atoms with E-state index < -0.39 is 11.9 Å². The Morgan fingerprint density at radius 1 is 1.21 bits per heavy atom. The molecule has 2 aliphatic rings. The zero-order valence-corrected chi connectivity index (χ0v) is 23.9. The number of rotatable bonds is 9. The molecule has 1 fully saturated rings. The van der Waals surface area contributed by atoms with Gasteiger partial charge < -0.3 is 21.4 Å². The maximum atomic E-state index is 14.2. The predicted octanol–water partition coefficient (Wildman–Crippen LogP) is 4.42. The lowest BCUT2D eigenvalue weighted by molar-refractivity contribution is -0.115. The van der Waals surface area contributed by atoms with Gasteiger partial charge in [0.2, 0.25) is 5.91 Å². The Morgan fingerprint density at radius 3 is 2.69 bits per heavy atom. The molecule has 2 unspecified atom stereocenters. The van der Waals surface area contributed by atoms with E-state index in [1.165, 1.54) is 12.1 Å². The maximum Gasteiger partial charge on any atom is 0.230 e. The first-order valence-electron chi connectivity index (χ1n) is 13.2. The molecule has 0 spiro atoms. The summed E-state index contributed by atoms with van der Waals surface area (Å²) < 4.78 is 14.2. The highest BCUT2D eigenvalue weighted by Gasteiger charge is 2.33. The Hall–Kier alpha value is -2.56. The third kappa shape index (κ3) is 7.55. The van der Waals surface area contributed by atoms with Gasteiger partial charge in [-0.25, -0.2) is 4.39 Å². The lowest BCUT2D eigenvalue weighted by Gasteiger charge is -2.39. The van der Waals surface area contributed by atoms with E-state index in [4.69, 9.17) is 34.3 Å². The zero-order valence-electron chi connectivity index (χ0n) is 22.4. The number of anilines is 1. The normalized spacial score (nSPS) is 19.9. The number of amidine groups is 1. The van der Waals surface area contributed by atoms with Crippen molar-refractivity contribution in [1.82, 2.24) is 14.7 Å². The van der Waals surface area contributed by atoms with Gasteiger partial charge in [-0.15, -0.1) is 0 Å². The highest BCUT2D eigenvalue weighted by Crippen LogP contribution is 2.37. The van der Waals surface area contributed by atoms with Crippen molar-refractivity contribution in [3.8, 4) is 0 Å². The van der Waals surface area contributed by atoms with E-state index in [0.29, 0.717) is 35.2 Å². The second-order valence-electron chi connectivity index (χ2n) is 10.3. The predicted molar refractivity (Wildman–Crippen MR) is 157 cm³/mol. The van der Waals surface area contributed by atoms with Crippen molar-refractivity contribution in [2.45, 2.75) is 38.4 Å². The van der Waals surface area contributed by atoms with Crippen LogP contribution in [-0.4, -0.2) is 84.5 Å². The van der Waals surface area contributed by atoms with Crippen molar-refractivity contribution in [2.75, 3.05) is 51.6 Å². The van der Waals surface area contributed by atoms with E-state index in [-0.39, 0.29) is 35.5 Å². The van der Waals surface area contributed by atoms with Crippen LogP contribution in [0.25, 0.3) is 0 Å². The van der Waals surface area contributed by atoms with Crippen LogP contribution in [0.5, 0.6) is 0 Å². The average molecular weight is 577 g/mol. The van der Waals surface area contributed by atoms with Crippen LogP contribution in [-0.2, 0) is 11.3 Å². The first kappa shape index (κ1) is 29.4. The summed E-state index contributed by atoms with van der Waals surface area (Å²) in [6.45, 7) is 7.85. The molecule has 210 valence electrons. The Bertz CT molecular complexity index is 1230. The molecule has 0 bridgehead atoms. The molecule has 1 saturated heterocycles. The van der Waals surface area contributed by atoms with Gasteiger partial charge in [0.15, 0.2) is 0 Å². The van der Waals surface area contributed by atoms with Crippen LogP contribution in [0.1, 0.15) is 36.9 Å². The van der Waals surface area contributed by atoms with Gasteiger partial charge >= 0.3 is 0 Å². The van der Waals surface area contributed by atoms with Crippen LogP contribution < -0.4 is 11.1 Å². The molecular weight excluding hydrogens is 540 g/mol.